The van der Waals surface area contributed by atoms with Crippen molar-refractivity contribution in [1.82, 2.24) is 4.90 Å². The minimum Gasteiger partial charge on any atom is -0.306 e. The molecule has 0 spiro atoms. The van der Waals surface area contributed by atoms with Gasteiger partial charge in [0.2, 0.25) is 0 Å². The van der Waals surface area contributed by atoms with Crippen LogP contribution >= 0.6 is 7.92 Å². The van der Waals surface area contributed by atoms with Gasteiger partial charge in [-0.3, -0.25) is 0 Å². The topological polar surface area (TPSA) is 3.24 Å². The molecule has 1 nitrogen and oxygen atoms in total. The summed E-state index contributed by atoms with van der Waals surface area (Å²) in [6, 6.07) is 19.2. The first-order valence-corrected chi connectivity index (χ1v) is 18.5. The van der Waals surface area contributed by atoms with Crippen LogP contribution in [-0.4, -0.2) is 25.0 Å². The first-order chi connectivity index (χ1) is 26.6. The van der Waals surface area contributed by atoms with Crippen molar-refractivity contribution < 1.29 is 69.8 Å². The number of halogens is 12. The van der Waals surface area contributed by atoms with Crippen molar-refractivity contribution in [3.8, 4) is 0 Å². The Morgan fingerprint density at radius 1 is 0.448 bits per heavy atom. The fraction of sp³-hybridized carbons (Fsp3) is 0.209. The van der Waals surface area contributed by atoms with Gasteiger partial charge in [-0.15, -0.1) is 0 Å². The van der Waals surface area contributed by atoms with E-state index in [0.717, 1.165) is 66.0 Å². The predicted octanol–water partition coefficient (Wildman–Crippen LogP) is 12.1. The van der Waals surface area contributed by atoms with E-state index in [1.165, 1.54) is 48.5 Å². The smallest absolute Gasteiger partial charge is 0.306 e. The molecule has 10 radical (unpaired) electrons. The Labute approximate surface area is 342 Å². The minimum absolute atomic E-state index is 0. The van der Waals surface area contributed by atoms with E-state index < -0.39 is 60.8 Å². The van der Waals surface area contributed by atoms with Crippen LogP contribution in [0.5, 0.6) is 0 Å². The van der Waals surface area contributed by atoms with Crippen LogP contribution in [0.25, 0.3) is 0 Å². The van der Waals surface area contributed by atoms with Crippen LogP contribution in [0.4, 0.5) is 52.7 Å². The van der Waals surface area contributed by atoms with Gasteiger partial charge in [0, 0.05) is 40.6 Å². The Bertz CT molecular complexity index is 1750. The molecule has 2 saturated carbocycles. The van der Waals surface area contributed by atoms with E-state index in [2.05, 4.69) is 0 Å². The maximum Gasteiger partial charge on any atom is 0.416 e. The zero-order valence-electron chi connectivity index (χ0n) is 30.7. The third kappa shape index (κ3) is 11.8. The van der Waals surface area contributed by atoms with Crippen molar-refractivity contribution in [3.05, 3.63) is 193 Å². The molecular weight excluding hydrogens is 845 g/mol. The van der Waals surface area contributed by atoms with Crippen LogP contribution in [0, 0.1) is 62.4 Å². The minimum atomic E-state index is -4.46. The molecule has 6 rings (SSSR count). The standard InChI is InChI=1S/C23H21F6NP.C20H13F6.Fe/c1-15(30(2)3)20-5-4-6-21(20)31(18-11-7-16(8-12-18)22(24,25)26)19-13-9-17(10-14-19)23(27,28)29;21-19(22,23)16-9-5-14(6-10-16)18(13-3-1-2-4-13)15-7-11-17(12-8-15)20(24,25)26;/h4-15H,1-3H3;1-12,18H;/t15-;;/m1../s1. The average Bonchev–Trinajstić information content (AvgIpc) is 3.85. The summed E-state index contributed by atoms with van der Waals surface area (Å²) < 4.78 is 155. The molecule has 2 aliphatic rings. The Morgan fingerprint density at radius 3 is 1.09 bits per heavy atom. The third-order valence-corrected chi connectivity index (χ3v) is 11.9. The van der Waals surface area contributed by atoms with E-state index in [1.807, 2.05) is 45.2 Å². The van der Waals surface area contributed by atoms with Crippen molar-refractivity contribution in [1.29, 1.82) is 0 Å². The summed E-state index contributed by atoms with van der Waals surface area (Å²) in [5.41, 5.74) is -1.00. The van der Waals surface area contributed by atoms with Gasteiger partial charge in [0.05, 0.1) is 22.3 Å². The number of hydrogen-bond donors (Lipinski definition) is 0. The second-order valence-electron chi connectivity index (χ2n) is 13.3. The van der Waals surface area contributed by atoms with E-state index in [1.54, 1.807) is 25.7 Å². The molecule has 1 atom stereocenters. The van der Waals surface area contributed by atoms with Crippen LogP contribution in [0.2, 0.25) is 0 Å². The van der Waals surface area contributed by atoms with Crippen molar-refractivity contribution in [2.75, 3.05) is 14.1 Å². The molecule has 2 fully saturated rings. The zero-order chi connectivity index (χ0) is 41.9. The number of nitrogens with zero attached hydrogens (tertiary/aromatic N) is 1. The van der Waals surface area contributed by atoms with Gasteiger partial charge in [-0.2, -0.15) is 52.7 Å². The first kappa shape index (κ1) is 47.6. The van der Waals surface area contributed by atoms with Crippen LogP contribution in [0.3, 0.4) is 0 Å². The fourth-order valence-electron chi connectivity index (χ4n) is 6.17. The molecule has 4 aromatic carbocycles. The van der Waals surface area contributed by atoms with Crippen molar-refractivity contribution in [3.63, 3.8) is 0 Å². The Kier molecular flexibility index (Phi) is 15.7. The van der Waals surface area contributed by atoms with Gasteiger partial charge < -0.3 is 4.90 Å². The molecule has 15 heteroatoms. The summed E-state index contributed by atoms with van der Waals surface area (Å²) in [4.78, 5) is 2.01. The number of hydrogen-bond acceptors (Lipinski definition) is 1. The van der Waals surface area contributed by atoms with Crippen molar-refractivity contribution >= 4 is 18.5 Å². The van der Waals surface area contributed by atoms with Crippen LogP contribution < -0.4 is 10.6 Å². The van der Waals surface area contributed by atoms with Gasteiger partial charge in [-0.25, -0.2) is 0 Å². The normalized spacial score (nSPS) is 16.8. The molecule has 2 aliphatic carbocycles. The molecule has 0 bridgehead atoms. The molecule has 58 heavy (non-hydrogen) atoms. The predicted molar refractivity (Wildman–Crippen MR) is 197 cm³/mol. The van der Waals surface area contributed by atoms with Gasteiger partial charge in [0.1, 0.15) is 0 Å². The third-order valence-electron chi connectivity index (χ3n) is 9.36. The quantitative estimate of drug-likeness (QED) is 0.0968. The Hall–Kier alpha value is -3.05. The van der Waals surface area contributed by atoms with Crippen LogP contribution in [-0.2, 0) is 41.8 Å². The van der Waals surface area contributed by atoms with E-state index in [4.69, 9.17) is 0 Å². The Morgan fingerprint density at radius 2 is 0.776 bits per heavy atom. The van der Waals surface area contributed by atoms with Gasteiger partial charge >= 0.3 is 24.7 Å². The van der Waals surface area contributed by atoms with Gasteiger partial charge in [-0.05, 0) is 150 Å². The SMILES string of the molecule is C[C@H]([C]1[CH][CH][CH][C]1P(c1ccc(C(F)(F)F)cc1)c1ccc(C(F)(F)F)cc1)N(C)C.FC(F)(F)c1ccc(C([C]2[CH][CH][CH][CH]2)c2ccc(C(F)(F)F)cc2)cc1.[Fe]. The van der Waals surface area contributed by atoms with E-state index in [0.29, 0.717) is 21.7 Å². The maximum atomic E-state index is 13.0. The summed E-state index contributed by atoms with van der Waals surface area (Å²) in [7, 11) is 2.49. The second kappa shape index (κ2) is 19.1. The van der Waals surface area contributed by atoms with Crippen molar-refractivity contribution in [2.24, 2.45) is 0 Å². The van der Waals surface area contributed by atoms with Gasteiger partial charge in [0.15, 0.2) is 0 Å². The maximum absolute atomic E-state index is 13.0. The molecule has 0 aliphatic heterocycles. The monoisotopic (exact) mass is 879 g/mol. The summed E-state index contributed by atoms with van der Waals surface area (Å²) >= 11 is 0. The molecule has 0 heterocycles. The first-order valence-electron chi connectivity index (χ1n) is 17.2. The van der Waals surface area contributed by atoms with E-state index in [9.17, 15) is 52.7 Å². The second-order valence-corrected chi connectivity index (χ2v) is 15.5. The molecule has 0 N–H and O–H groups in total. The fourth-order valence-corrected chi connectivity index (χ4v) is 8.68. The molecular formula is C43H34F12FeNP. The molecule has 308 valence electrons. The van der Waals surface area contributed by atoms with Crippen LogP contribution in [0.15, 0.2) is 97.1 Å². The summed E-state index contributed by atoms with van der Waals surface area (Å²) in [5.74, 6) is 1.34. The summed E-state index contributed by atoms with van der Waals surface area (Å²) in [6.07, 6.45) is -4.95. The molecule has 4 aromatic rings. The average molecular weight is 880 g/mol. The largest absolute Gasteiger partial charge is 0.416 e. The van der Waals surface area contributed by atoms with Gasteiger partial charge in [0.25, 0.3) is 0 Å². The van der Waals surface area contributed by atoms with Crippen molar-refractivity contribution in [2.45, 2.75) is 43.6 Å². The Balaban J connectivity index is 0.000000256. The summed E-state index contributed by atoms with van der Waals surface area (Å²) in [6.45, 7) is 2.01. The van der Waals surface area contributed by atoms with Crippen LogP contribution in [0.1, 0.15) is 46.2 Å². The molecule has 0 aromatic heterocycles. The number of rotatable bonds is 8. The number of benzene rings is 4. The van der Waals surface area contributed by atoms with E-state index in [-0.39, 0.29) is 23.1 Å². The van der Waals surface area contributed by atoms with Gasteiger partial charge in [-0.1, -0.05) is 48.5 Å². The molecule has 0 unspecified atom stereocenters. The molecule has 0 saturated heterocycles. The summed E-state index contributed by atoms with van der Waals surface area (Å²) in [5, 5.41) is 1.28. The number of alkyl halides is 12. The zero-order valence-corrected chi connectivity index (χ0v) is 32.7. The molecule has 0 amide bonds. The van der Waals surface area contributed by atoms with E-state index >= 15 is 0 Å².